The van der Waals surface area contributed by atoms with Crippen molar-refractivity contribution in [2.75, 3.05) is 25.0 Å². The number of urea groups is 1. The summed E-state index contributed by atoms with van der Waals surface area (Å²) in [4.78, 5) is 27.2. The van der Waals surface area contributed by atoms with Crippen molar-refractivity contribution in [1.29, 1.82) is 0 Å². The molecule has 0 aromatic heterocycles. The second kappa shape index (κ2) is 11.4. The highest BCUT2D eigenvalue weighted by Gasteiger charge is 2.24. The van der Waals surface area contributed by atoms with E-state index in [0.29, 0.717) is 25.3 Å². The summed E-state index contributed by atoms with van der Waals surface area (Å²) >= 11 is 0. The van der Waals surface area contributed by atoms with Crippen LogP contribution in [0, 0.1) is 12.8 Å². The first-order chi connectivity index (χ1) is 16.6. The molecule has 1 unspecified atom stereocenters. The van der Waals surface area contributed by atoms with Crippen molar-refractivity contribution in [1.82, 2.24) is 10.2 Å². The van der Waals surface area contributed by atoms with E-state index in [1.807, 2.05) is 90.7 Å². The lowest BCUT2D eigenvalue weighted by Crippen LogP contribution is -2.44. The molecule has 6 nitrogen and oxygen atoms in total. The molecule has 0 saturated carbocycles. The molecule has 1 fully saturated rings. The van der Waals surface area contributed by atoms with Crippen LogP contribution in [0.3, 0.4) is 0 Å². The number of aryl methyl sites for hydroxylation is 1. The van der Waals surface area contributed by atoms with Crippen LogP contribution >= 0.6 is 0 Å². The van der Waals surface area contributed by atoms with E-state index in [9.17, 15) is 9.59 Å². The molecule has 1 saturated heterocycles. The number of nitrogens with one attached hydrogen (secondary N) is 2. The molecule has 0 radical (unpaired) electrons. The average Bonchev–Trinajstić information content (AvgIpc) is 2.88. The fourth-order valence-corrected chi connectivity index (χ4v) is 4.07. The molecule has 0 bridgehead atoms. The third-order valence-electron chi connectivity index (χ3n) is 6.02. The lowest BCUT2D eigenvalue weighted by molar-refractivity contribution is 0.0675. The highest BCUT2D eigenvalue weighted by molar-refractivity contribution is 5.94. The van der Waals surface area contributed by atoms with Crippen LogP contribution in [0.4, 0.5) is 10.5 Å². The number of carbonyl (C=O) groups is 2. The Morgan fingerprint density at radius 1 is 0.971 bits per heavy atom. The summed E-state index contributed by atoms with van der Waals surface area (Å²) in [7, 11) is 0. The summed E-state index contributed by atoms with van der Waals surface area (Å²) in [6.45, 7) is 4.39. The fourth-order valence-electron chi connectivity index (χ4n) is 4.07. The number of hydrogen-bond donors (Lipinski definition) is 2. The predicted octanol–water partition coefficient (Wildman–Crippen LogP) is 5.25. The van der Waals surface area contributed by atoms with Gasteiger partial charge in [-0.1, -0.05) is 48.0 Å². The Morgan fingerprint density at radius 3 is 2.44 bits per heavy atom. The number of nitrogens with zero attached hydrogens (tertiary/aromatic N) is 1. The Bertz CT molecular complexity index is 1080. The van der Waals surface area contributed by atoms with Crippen molar-refractivity contribution < 1.29 is 14.3 Å². The first kappa shape index (κ1) is 23.4. The number of piperidine rings is 1. The fraction of sp³-hybridized carbons (Fsp3) is 0.286. The quantitative estimate of drug-likeness (QED) is 0.509. The maximum atomic E-state index is 13.0. The van der Waals surface area contributed by atoms with E-state index in [1.54, 1.807) is 0 Å². The number of rotatable bonds is 7. The summed E-state index contributed by atoms with van der Waals surface area (Å²) in [5.41, 5.74) is 3.60. The second-order valence-electron chi connectivity index (χ2n) is 8.76. The molecule has 3 aromatic carbocycles. The number of benzene rings is 3. The molecule has 34 heavy (non-hydrogen) atoms. The maximum absolute atomic E-state index is 13.0. The molecular formula is C28H31N3O3. The molecule has 1 atom stereocenters. The van der Waals surface area contributed by atoms with Crippen LogP contribution in [0.1, 0.15) is 34.3 Å². The molecule has 1 aliphatic heterocycles. The molecule has 3 aromatic rings. The number of carbonyl (C=O) groups excluding carboxylic acids is 2. The van der Waals surface area contributed by atoms with Gasteiger partial charge in [0.25, 0.3) is 5.91 Å². The van der Waals surface area contributed by atoms with Gasteiger partial charge < -0.3 is 20.3 Å². The van der Waals surface area contributed by atoms with Crippen LogP contribution in [0.15, 0.2) is 78.9 Å². The summed E-state index contributed by atoms with van der Waals surface area (Å²) in [6.07, 6.45) is 1.92. The van der Waals surface area contributed by atoms with Gasteiger partial charge in [0.05, 0.1) is 0 Å². The molecule has 4 rings (SSSR count). The van der Waals surface area contributed by atoms with Gasteiger partial charge in [-0.3, -0.25) is 4.79 Å². The number of hydrogen-bond acceptors (Lipinski definition) is 3. The Balaban J connectivity index is 1.24. The van der Waals surface area contributed by atoms with E-state index < -0.39 is 0 Å². The maximum Gasteiger partial charge on any atom is 0.319 e. The van der Waals surface area contributed by atoms with Crippen LogP contribution in [0.25, 0.3) is 0 Å². The van der Waals surface area contributed by atoms with Gasteiger partial charge in [0.15, 0.2) is 0 Å². The summed E-state index contributed by atoms with van der Waals surface area (Å²) in [5.74, 6) is 1.09. The van der Waals surface area contributed by atoms with Gasteiger partial charge in [0, 0.05) is 30.9 Å². The summed E-state index contributed by atoms with van der Waals surface area (Å²) in [6, 6.07) is 24.8. The van der Waals surface area contributed by atoms with Crippen molar-refractivity contribution in [2.24, 2.45) is 5.92 Å². The highest BCUT2D eigenvalue weighted by Crippen LogP contribution is 2.19. The van der Waals surface area contributed by atoms with Crippen LogP contribution in [-0.4, -0.2) is 36.5 Å². The second-order valence-corrected chi connectivity index (χ2v) is 8.76. The Kier molecular flexibility index (Phi) is 7.81. The van der Waals surface area contributed by atoms with Crippen LogP contribution < -0.4 is 15.4 Å². The smallest absolute Gasteiger partial charge is 0.319 e. The molecule has 0 spiro atoms. The Morgan fingerprint density at radius 2 is 1.71 bits per heavy atom. The lowest BCUT2D eigenvalue weighted by Gasteiger charge is -2.33. The van der Waals surface area contributed by atoms with Gasteiger partial charge in [0.2, 0.25) is 0 Å². The molecule has 2 N–H and O–H groups in total. The average molecular weight is 458 g/mol. The van der Waals surface area contributed by atoms with E-state index >= 15 is 0 Å². The molecule has 3 amide bonds. The predicted molar refractivity (Wildman–Crippen MR) is 134 cm³/mol. The van der Waals surface area contributed by atoms with E-state index in [0.717, 1.165) is 42.0 Å². The van der Waals surface area contributed by atoms with Crippen LogP contribution in [0.5, 0.6) is 5.75 Å². The van der Waals surface area contributed by atoms with Gasteiger partial charge in [-0.2, -0.15) is 0 Å². The first-order valence-electron chi connectivity index (χ1n) is 11.7. The molecule has 1 aliphatic rings. The van der Waals surface area contributed by atoms with Gasteiger partial charge in [-0.25, -0.2) is 4.79 Å². The largest absolute Gasteiger partial charge is 0.489 e. The molecular weight excluding hydrogens is 426 g/mol. The third-order valence-corrected chi connectivity index (χ3v) is 6.02. The lowest BCUT2D eigenvalue weighted by atomic mass is 9.97. The zero-order valence-electron chi connectivity index (χ0n) is 19.5. The molecule has 0 aliphatic carbocycles. The molecule has 1 heterocycles. The van der Waals surface area contributed by atoms with E-state index in [2.05, 4.69) is 10.6 Å². The monoisotopic (exact) mass is 457 g/mol. The zero-order valence-corrected chi connectivity index (χ0v) is 19.5. The number of anilines is 1. The van der Waals surface area contributed by atoms with E-state index in [-0.39, 0.29) is 17.9 Å². The van der Waals surface area contributed by atoms with Gasteiger partial charge in [0.1, 0.15) is 12.4 Å². The SMILES string of the molecule is Cc1ccc(NC(=O)NCC2CCCN(C(=O)c3ccc(COc4ccccc4)cc3)C2)cc1. The van der Waals surface area contributed by atoms with Gasteiger partial charge >= 0.3 is 6.03 Å². The van der Waals surface area contributed by atoms with E-state index in [4.69, 9.17) is 4.74 Å². The highest BCUT2D eigenvalue weighted by atomic mass is 16.5. The zero-order chi connectivity index (χ0) is 23.8. The van der Waals surface area contributed by atoms with E-state index in [1.165, 1.54) is 0 Å². The number of likely N-dealkylation sites (tertiary alicyclic amines) is 1. The number of para-hydroxylation sites is 1. The molecule has 176 valence electrons. The van der Waals surface area contributed by atoms with Crippen molar-refractivity contribution in [3.05, 3.63) is 95.6 Å². The van der Waals surface area contributed by atoms with Crippen LogP contribution in [-0.2, 0) is 6.61 Å². The summed E-state index contributed by atoms with van der Waals surface area (Å²) < 4.78 is 5.78. The van der Waals surface area contributed by atoms with Crippen molar-refractivity contribution in [3.8, 4) is 5.75 Å². The third kappa shape index (κ3) is 6.61. The Labute approximate surface area is 200 Å². The van der Waals surface area contributed by atoms with Crippen molar-refractivity contribution in [3.63, 3.8) is 0 Å². The topological polar surface area (TPSA) is 70.7 Å². The number of ether oxygens (including phenoxy) is 1. The Hall–Kier alpha value is -3.80. The summed E-state index contributed by atoms with van der Waals surface area (Å²) in [5, 5.41) is 5.80. The van der Waals surface area contributed by atoms with Crippen LogP contribution in [0.2, 0.25) is 0 Å². The van der Waals surface area contributed by atoms with Gasteiger partial charge in [-0.05, 0) is 67.6 Å². The standard InChI is InChI=1S/C28H31N3O3/c1-21-9-15-25(16-10-21)30-28(33)29-18-23-6-5-17-31(19-23)27(32)24-13-11-22(12-14-24)20-34-26-7-3-2-4-8-26/h2-4,7-16,23H,5-6,17-20H2,1H3,(H2,29,30,33). The van der Waals surface area contributed by atoms with Crippen molar-refractivity contribution in [2.45, 2.75) is 26.4 Å². The minimum atomic E-state index is -0.222. The minimum Gasteiger partial charge on any atom is -0.489 e. The first-order valence-corrected chi connectivity index (χ1v) is 11.7. The number of amides is 3. The van der Waals surface area contributed by atoms with Gasteiger partial charge in [-0.15, -0.1) is 0 Å². The molecule has 6 heteroatoms. The minimum absolute atomic E-state index is 0.0318. The van der Waals surface area contributed by atoms with Crippen molar-refractivity contribution >= 4 is 17.6 Å². The normalized spacial score (nSPS) is 15.4.